The zero-order chi connectivity index (χ0) is 25.0. The van der Waals surface area contributed by atoms with Gasteiger partial charge in [-0.05, 0) is 13.3 Å². The van der Waals surface area contributed by atoms with E-state index in [1.54, 1.807) is 6.92 Å². The monoisotopic (exact) mass is 469 g/mol. The van der Waals surface area contributed by atoms with Crippen molar-refractivity contribution in [3.05, 3.63) is 11.1 Å². The van der Waals surface area contributed by atoms with Crippen LogP contribution in [0.5, 0.6) is 0 Å². The van der Waals surface area contributed by atoms with Crippen molar-refractivity contribution in [1.29, 1.82) is 0 Å². The van der Waals surface area contributed by atoms with E-state index in [4.69, 9.17) is 23.7 Å². The SMILES string of the molecule is CCC1=C(C)C(=O)N([C@@H]2O[C@H](COC(C)=O)[C@@H](OC(C)=O)[C@H](OC(C)=O)[C@H]2OC(C)=O)C1=O. The Morgan fingerprint density at radius 2 is 1.33 bits per heavy atom. The Morgan fingerprint density at radius 3 is 1.79 bits per heavy atom. The second-order valence-corrected chi connectivity index (χ2v) is 7.53. The zero-order valence-electron chi connectivity index (χ0n) is 19.2. The quantitative estimate of drug-likeness (QED) is 0.285. The number of hydrogen-bond acceptors (Lipinski definition) is 11. The molecule has 2 heterocycles. The number of rotatable bonds is 7. The van der Waals surface area contributed by atoms with Gasteiger partial charge in [-0.15, -0.1) is 0 Å². The summed E-state index contributed by atoms with van der Waals surface area (Å²) in [6.45, 7) is 7.09. The molecule has 33 heavy (non-hydrogen) atoms. The van der Waals surface area contributed by atoms with Crippen LogP contribution in [0.15, 0.2) is 11.1 Å². The molecule has 1 fully saturated rings. The first-order valence-electron chi connectivity index (χ1n) is 10.3. The third-order valence-electron chi connectivity index (χ3n) is 5.04. The molecule has 5 atom stereocenters. The Bertz CT molecular complexity index is 893. The van der Waals surface area contributed by atoms with Crippen molar-refractivity contribution in [1.82, 2.24) is 4.90 Å². The lowest BCUT2D eigenvalue weighted by Crippen LogP contribution is -2.67. The van der Waals surface area contributed by atoms with Gasteiger partial charge in [0.15, 0.2) is 24.5 Å². The fraction of sp³-hybridized carbons (Fsp3) is 0.619. The Morgan fingerprint density at radius 1 is 0.818 bits per heavy atom. The standard InChI is InChI=1S/C21H27NO11/c1-7-14-9(2)19(27)22(20(14)28)21-18(32-13(6)26)17(31-12(5)25)16(30-11(4)24)15(33-21)8-29-10(3)23/h15-18,21H,7-8H2,1-6H3/t15-,16-,17+,18-,21-/m1/s1. The molecule has 0 spiro atoms. The predicted octanol–water partition coefficient (Wildman–Crippen LogP) is 0.165. The number of hydrogen-bond donors (Lipinski definition) is 0. The fourth-order valence-electron chi connectivity index (χ4n) is 3.77. The molecule has 0 aliphatic carbocycles. The van der Waals surface area contributed by atoms with E-state index in [-0.39, 0.29) is 17.6 Å². The van der Waals surface area contributed by atoms with Crippen LogP contribution in [0.1, 0.15) is 48.0 Å². The molecular weight excluding hydrogens is 442 g/mol. The molecule has 0 aromatic carbocycles. The Balaban J connectivity index is 2.58. The number of esters is 4. The minimum Gasteiger partial charge on any atom is -0.463 e. The van der Waals surface area contributed by atoms with Crippen LogP contribution in [0.4, 0.5) is 0 Å². The van der Waals surface area contributed by atoms with Gasteiger partial charge in [0.25, 0.3) is 11.8 Å². The van der Waals surface area contributed by atoms with Crippen molar-refractivity contribution >= 4 is 35.7 Å². The van der Waals surface area contributed by atoms with Crippen LogP contribution in [0.2, 0.25) is 0 Å². The van der Waals surface area contributed by atoms with Crippen LogP contribution in [0, 0.1) is 0 Å². The molecule has 0 aromatic heterocycles. The second kappa shape index (κ2) is 10.6. The van der Waals surface area contributed by atoms with Crippen LogP contribution in [0.25, 0.3) is 0 Å². The third-order valence-corrected chi connectivity index (χ3v) is 5.04. The lowest BCUT2D eigenvalue weighted by atomic mass is 9.96. The third kappa shape index (κ3) is 5.75. The summed E-state index contributed by atoms with van der Waals surface area (Å²) < 4.78 is 26.8. The van der Waals surface area contributed by atoms with Crippen LogP contribution in [0.3, 0.4) is 0 Å². The lowest BCUT2D eigenvalue weighted by molar-refractivity contribution is -0.272. The van der Waals surface area contributed by atoms with E-state index in [2.05, 4.69) is 0 Å². The van der Waals surface area contributed by atoms with Gasteiger partial charge in [-0.3, -0.25) is 28.8 Å². The lowest BCUT2D eigenvalue weighted by Gasteiger charge is -2.46. The molecule has 0 saturated carbocycles. The fourth-order valence-corrected chi connectivity index (χ4v) is 3.77. The van der Waals surface area contributed by atoms with Gasteiger partial charge in [-0.2, -0.15) is 0 Å². The van der Waals surface area contributed by atoms with Crippen molar-refractivity contribution in [3.8, 4) is 0 Å². The molecule has 2 aliphatic heterocycles. The molecule has 0 aromatic rings. The van der Waals surface area contributed by atoms with Crippen molar-refractivity contribution in [2.24, 2.45) is 0 Å². The van der Waals surface area contributed by atoms with Gasteiger partial charge in [0, 0.05) is 38.8 Å². The molecule has 0 bridgehead atoms. The highest BCUT2D eigenvalue weighted by atomic mass is 16.7. The average Bonchev–Trinajstić information content (AvgIpc) is 2.90. The number of amides is 2. The van der Waals surface area contributed by atoms with E-state index in [1.165, 1.54) is 6.92 Å². The zero-order valence-corrected chi connectivity index (χ0v) is 19.2. The van der Waals surface area contributed by atoms with Gasteiger partial charge in [-0.25, -0.2) is 4.90 Å². The Hall–Kier alpha value is -3.28. The molecule has 2 amide bonds. The van der Waals surface area contributed by atoms with Crippen molar-refractivity contribution in [3.63, 3.8) is 0 Å². The van der Waals surface area contributed by atoms with Gasteiger partial charge in [0.05, 0.1) is 0 Å². The van der Waals surface area contributed by atoms with Gasteiger partial charge in [0.1, 0.15) is 12.7 Å². The van der Waals surface area contributed by atoms with E-state index in [1.807, 2.05) is 0 Å². The van der Waals surface area contributed by atoms with E-state index >= 15 is 0 Å². The minimum absolute atomic E-state index is 0.190. The van der Waals surface area contributed by atoms with Gasteiger partial charge >= 0.3 is 23.9 Å². The molecular formula is C21H27NO11. The molecule has 1 saturated heterocycles. The van der Waals surface area contributed by atoms with E-state index in [0.717, 1.165) is 32.6 Å². The molecule has 12 heteroatoms. The molecule has 0 N–H and O–H groups in total. The number of nitrogens with zero attached hydrogens (tertiary/aromatic N) is 1. The maximum absolute atomic E-state index is 13.0. The number of carbonyl (C=O) groups excluding carboxylic acids is 6. The average molecular weight is 469 g/mol. The van der Waals surface area contributed by atoms with E-state index in [9.17, 15) is 28.8 Å². The first-order chi connectivity index (χ1) is 15.4. The molecule has 0 radical (unpaired) electrons. The van der Waals surface area contributed by atoms with Gasteiger partial charge < -0.3 is 23.7 Å². The van der Waals surface area contributed by atoms with Crippen LogP contribution >= 0.6 is 0 Å². The van der Waals surface area contributed by atoms with Crippen LogP contribution in [-0.2, 0) is 52.5 Å². The van der Waals surface area contributed by atoms with Crippen molar-refractivity contribution in [2.45, 2.75) is 78.6 Å². The highest BCUT2D eigenvalue weighted by molar-refractivity contribution is 6.19. The highest BCUT2D eigenvalue weighted by Gasteiger charge is 2.57. The molecule has 182 valence electrons. The molecule has 2 aliphatic rings. The van der Waals surface area contributed by atoms with Crippen LogP contribution < -0.4 is 0 Å². The molecule has 0 unspecified atom stereocenters. The van der Waals surface area contributed by atoms with Crippen molar-refractivity contribution in [2.75, 3.05) is 6.61 Å². The summed E-state index contributed by atoms with van der Waals surface area (Å²) in [7, 11) is 0. The maximum atomic E-state index is 13.0. The molecule has 2 rings (SSSR count). The summed E-state index contributed by atoms with van der Waals surface area (Å²) in [4.78, 5) is 73.6. The number of ether oxygens (including phenoxy) is 5. The molecule has 12 nitrogen and oxygen atoms in total. The summed E-state index contributed by atoms with van der Waals surface area (Å²) in [6.07, 6.45) is -6.92. The Kier molecular flexibility index (Phi) is 8.31. The first kappa shape index (κ1) is 26.0. The highest BCUT2D eigenvalue weighted by Crippen LogP contribution is 2.35. The first-order valence-corrected chi connectivity index (χ1v) is 10.3. The normalized spacial score (nSPS) is 27.3. The predicted molar refractivity (Wildman–Crippen MR) is 107 cm³/mol. The summed E-state index contributed by atoms with van der Waals surface area (Å²) in [5, 5.41) is 0. The summed E-state index contributed by atoms with van der Waals surface area (Å²) in [5.74, 6) is -4.46. The smallest absolute Gasteiger partial charge is 0.303 e. The van der Waals surface area contributed by atoms with Gasteiger partial charge in [0.2, 0.25) is 0 Å². The maximum Gasteiger partial charge on any atom is 0.303 e. The van der Waals surface area contributed by atoms with Crippen molar-refractivity contribution < 1.29 is 52.5 Å². The number of imide groups is 1. The largest absolute Gasteiger partial charge is 0.463 e. The number of carbonyl (C=O) groups is 6. The summed E-state index contributed by atoms with van der Waals surface area (Å²) >= 11 is 0. The van der Waals surface area contributed by atoms with E-state index < -0.39 is 72.9 Å². The second-order valence-electron chi connectivity index (χ2n) is 7.53. The summed E-state index contributed by atoms with van der Waals surface area (Å²) in [6, 6.07) is 0. The Labute approximate surface area is 190 Å². The van der Waals surface area contributed by atoms with Crippen LogP contribution in [-0.4, -0.2) is 77.8 Å². The summed E-state index contributed by atoms with van der Waals surface area (Å²) in [5.41, 5.74) is 0.434. The van der Waals surface area contributed by atoms with E-state index in [0.29, 0.717) is 0 Å². The topological polar surface area (TPSA) is 152 Å². The minimum atomic E-state index is -1.55. The van der Waals surface area contributed by atoms with Gasteiger partial charge in [-0.1, -0.05) is 6.92 Å².